The maximum Gasteiger partial charge on any atom is 0.303 e. The molecule has 0 saturated heterocycles. The molecule has 1 atom stereocenters. The van der Waals surface area contributed by atoms with E-state index in [2.05, 4.69) is 50.5 Å². The van der Waals surface area contributed by atoms with E-state index in [1.807, 2.05) is 28.7 Å². The summed E-state index contributed by atoms with van der Waals surface area (Å²) in [6.07, 6.45) is -0.801. The van der Waals surface area contributed by atoms with E-state index in [9.17, 15) is 19.2 Å². The molecule has 0 aliphatic heterocycles. The first kappa shape index (κ1) is 25.3. The van der Waals surface area contributed by atoms with E-state index in [4.69, 9.17) is 14.2 Å². The largest absolute Gasteiger partial charge is 0.462 e. The van der Waals surface area contributed by atoms with Crippen molar-refractivity contribution in [2.24, 2.45) is 0 Å². The van der Waals surface area contributed by atoms with Gasteiger partial charge in [0.2, 0.25) is 0 Å². The highest BCUT2D eigenvalue weighted by atomic mass is 127. The Kier molecular flexibility index (Phi) is 10.9. The van der Waals surface area contributed by atoms with Crippen LogP contribution in [0, 0.1) is 10.7 Å². The fourth-order valence-electron chi connectivity index (χ4n) is 2.02. The molecule has 1 unspecified atom stereocenters. The van der Waals surface area contributed by atoms with Crippen LogP contribution in [0.5, 0.6) is 0 Å². The highest BCUT2D eigenvalue weighted by Crippen LogP contribution is 2.28. The van der Waals surface area contributed by atoms with Crippen molar-refractivity contribution in [2.75, 3.05) is 13.2 Å². The molecule has 0 spiro atoms. The molecule has 0 saturated carbocycles. The molecule has 1 rings (SSSR count). The van der Waals surface area contributed by atoms with Gasteiger partial charge in [-0.3, -0.25) is 19.2 Å². The van der Waals surface area contributed by atoms with E-state index in [-0.39, 0.29) is 25.7 Å². The summed E-state index contributed by atoms with van der Waals surface area (Å²) in [6.45, 7) is 3.67. The lowest BCUT2D eigenvalue weighted by molar-refractivity contribution is -0.155. The molecule has 11 heteroatoms. The summed E-state index contributed by atoms with van der Waals surface area (Å²) in [6, 6.07) is 1.82. The van der Waals surface area contributed by atoms with Crippen LogP contribution in [0.2, 0.25) is 0 Å². The van der Waals surface area contributed by atoms with Crippen molar-refractivity contribution in [3.63, 3.8) is 0 Å². The van der Waals surface area contributed by atoms with Crippen molar-refractivity contribution < 1.29 is 33.4 Å². The Morgan fingerprint density at radius 3 is 2.11 bits per heavy atom. The third-order valence-corrected chi connectivity index (χ3v) is 6.21. The monoisotopic (exact) mass is 729 g/mol. The van der Waals surface area contributed by atoms with Gasteiger partial charge in [-0.05, 0) is 73.8 Å². The Morgan fingerprint density at radius 2 is 1.57 bits per heavy atom. The van der Waals surface area contributed by atoms with E-state index in [0.29, 0.717) is 9.13 Å². The summed E-state index contributed by atoms with van der Waals surface area (Å²) in [7, 11) is 0. The van der Waals surface area contributed by atoms with Gasteiger partial charge in [0.05, 0.1) is 12.1 Å². The lowest BCUT2D eigenvalue weighted by Gasteiger charge is -2.19. The van der Waals surface area contributed by atoms with E-state index >= 15 is 0 Å². The Bertz CT molecular complexity index is 783. The average molecular weight is 729 g/mol. The molecule has 0 aliphatic rings. The zero-order chi connectivity index (χ0) is 21.4. The smallest absolute Gasteiger partial charge is 0.303 e. The Morgan fingerprint density at radius 1 is 0.964 bits per heavy atom. The highest BCUT2D eigenvalue weighted by molar-refractivity contribution is 14.1. The number of carbonyl (C=O) groups is 4. The molecule has 0 bridgehead atoms. The number of hydrogen-bond donors (Lipinski definition) is 1. The second-order valence-corrected chi connectivity index (χ2v) is 8.94. The maximum absolute atomic E-state index is 12.7. The van der Waals surface area contributed by atoms with Crippen LogP contribution < -0.4 is 5.32 Å². The quantitative estimate of drug-likeness (QED) is 0.249. The number of amides is 1. The number of esters is 3. The predicted molar refractivity (Wildman–Crippen MR) is 125 cm³/mol. The molecular weight excluding hydrogens is 711 g/mol. The van der Waals surface area contributed by atoms with E-state index in [1.165, 1.54) is 20.8 Å². The number of hydrogen-bond acceptors (Lipinski definition) is 7. The van der Waals surface area contributed by atoms with Gasteiger partial charge < -0.3 is 19.5 Å². The van der Waals surface area contributed by atoms with Crippen molar-refractivity contribution in [1.29, 1.82) is 0 Å². The van der Waals surface area contributed by atoms with Crippen molar-refractivity contribution in [3.8, 4) is 0 Å². The number of ether oxygens (including phenoxy) is 3. The average Bonchev–Trinajstić information content (AvgIpc) is 2.55. The second-order valence-electron chi connectivity index (χ2n) is 5.53. The van der Waals surface area contributed by atoms with Crippen LogP contribution in [-0.4, -0.2) is 43.1 Å². The number of rotatable bonds is 8. The minimum absolute atomic E-state index is 0.0247. The minimum Gasteiger partial charge on any atom is -0.462 e. The molecule has 154 valence electrons. The molecule has 0 aromatic heterocycles. The van der Waals surface area contributed by atoms with Gasteiger partial charge in [0.1, 0.15) is 13.2 Å². The minimum atomic E-state index is -0.801. The van der Waals surface area contributed by atoms with Gasteiger partial charge in [0.25, 0.3) is 5.91 Å². The van der Waals surface area contributed by atoms with Crippen LogP contribution in [0.4, 0.5) is 0 Å². The predicted octanol–water partition coefficient (Wildman–Crippen LogP) is 2.79. The number of benzene rings is 1. The summed E-state index contributed by atoms with van der Waals surface area (Å²) < 4.78 is 17.3. The summed E-state index contributed by atoms with van der Waals surface area (Å²) in [4.78, 5) is 46.0. The van der Waals surface area contributed by atoms with Crippen LogP contribution in [0.15, 0.2) is 6.07 Å². The fourth-order valence-corrected chi connectivity index (χ4v) is 6.19. The SMILES string of the molecule is CC(=O)OCc1c(I)cc(I)c(C(=O)NCC(COC(C)=O)OC(C)=O)c1I. The first-order chi connectivity index (χ1) is 13.0. The standard InChI is InChI=1S/C17H18I3NO7/c1-8(22)26-6-11(28-10(3)24)5-21-17(25)15-14(19)4-13(18)12(16(15)20)7-27-9(2)23/h4,11H,5-7H2,1-3H3,(H,21,25). The zero-order valence-corrected chi connectivity index (χ0v) is 21.7. The normalized spacial score (nSPS) is 11.4. The molecule has 0 aliphatic carbocycles. The number of halogens is 3. The molecule has 0 radical (unpaired) electrons. The summed E-state index contributed by atoms with van der Waals surface area (Å²) >= 11 is 6.22. The third-order valence-electron chi connectivity index (χ3n) is 3.21. The summed E-state index contributed by atoms with van der Waals surface area (Å²) in [5, 5.41) is 2.69. The van der Waals surface area contributed by atoms with Crippen LogP contribution in [0.3, 0.4) is 0 Å². The molecule has 28 heavy (non-hydrogen) atoms. The first-order valence-electron chi connectivity index (χ1n) is 7.91. The summed E-state index contributed by atoms with van der Waals surface area (Å²) in [5.74, 6) is -1.85. The number of carbonyl (C=O) groups excluding carboxylic acids is 4. The van der Waals surface area contributed by atoms with Gasteiger partial charge >= 0.3 is 17.9 Å². The Hall–Kier alpha value is -0.710. The van der Waals surface area contributed by atoms with Crippen LogP contribution in [0.1, 0.15) is 36.7 Å². The zero-order valence-electron chi connectivity index (χ0n) is 15.3. The van der Waals surface area contributed by atoms with Crippen LogP contribution >= 0.6 is 67.8 Å². The highest BCUT2D eigenvalue weighted by Gasteiger charge is 2.22. The maximum atomic E-state index is 12.7. The lowest BCUT2D eigenvalue weighted by atomic mass is 10.1. The van der Waals surface area contributed by atoms with Crippen molar-refractivity contribution in [3.05, 3.63) is 27.9 Å². The first-order valence-corrected chi connectivity index (χ1v) is 11.1. The molecule has 1 aromatic rings. The molecule has 1 amide bonds. The molecule has 0 fully saturated rings. The van der Waals surface area contributed by atoms with Crippen molar-refractivity contribution >= 4 is 91.6 Å². The van der Waals surface area contributed by atoms with Gasteiger partial charge in [0, 0.05) is 37.0 Å². The van der Waals surface area contributed by atoms with Gasteiger partial charge in [-0.1, -0.05) is 0 Å². The summed E-state index contributed by atoms with van der Waals surface area (Å²) in [5.41, 5.74) is 1.16. The van der Waals surface area contributed by atoms with Crippen LogP contribution in [-0.2, 0) is 35.2 Å². The second kappa shape index (κ2) is 12.1. The topological polar surface area (TPSA) is 108 Å². The fraction of sp³-hybridized carbons (Fsp3) is 0.412. The Balaban J connectivity index is 2.97. The van der Waals surface area contributed by atoms with Gasteiger partial charge in [-0.2, -0.15) is 0 Å². The molecule has 1 N–H and O–H groups in total. The van der Waals surface area contributed by atoms with E-state index in [0.717, 1.165) is 12.7 Å². The van der Waals surface area contributed by atoms with Gasteiger partial charge in [-0.15, -0.1) is 0 Å². The molecule has 8 nitrogen and oxygen atoms in total. The molecule has 1 aromatic carbocycles. The Labute approximate surface area is 203 Å². The van der Waals surface area contributed by atoms with E-state index < -0.39 is 24.0 Å². The molecule has 0 heterocycles. The number of nitrogens with one attached hydrogen (secondary N) is 1. The van der Waals surface area contributed by atoms with Gasteiger partial charge in [-0.25, -0.2) is 0 Å². The third kappa shape index (κ3) is 8.34. The van der Waals surface area contributed by atoms with E-state index in [1.54, 1.807) is 0 Å². The van der Waals surface area contributed by atoms with Gasteiger partial charge in [0.15, 0.2) is 6.10 Å². The van der Waals surface area contributed by atoms with Crippen molar-refractivity contribution in [2.45, 2.75) is 33.5 Å². The van der Waals surface area contributed by atoms with Crippen molar-refractivity contribution in [1.82, 2.24) is 5.32 Å². The molecular formula is C17H18I3NO7. The van der Waals surface area contributed by atoms with Crippen LogP contribution in [0.25, 0.3) is 0 Å². The lowest BCUT2D eigenvalue weighted by Crippen LogP contribution is -2.38.